The van der Waals surface area contributed by atoms with Crippen molar-refractivity contribution in [3.63, 3.8) is 0 Å². The van der Waals surface area contributed by atoms with Crippen LogP contribution in [0.2, 0.25) is 0 Å². The number of rotatable bonds is 9. The number of likely N-dealkylation sites (N-methyl/N-ethyl adjacent to an activating group) is 1. The predicted octanol–water partition coefficient (Wildman–Crippen LogP) is 2.87. The first-order valence-electron chi connectivity index (χ1n) is 13.0. The van der Waals surface area contributed by atoms with Crippen LogP contribution in [0.3, 0.4) is 0 Å². The summed E-state index contributed by atoms with van der Waals surface area (Å²) in [6.45, 7) is 3.27. The zero-order valence-corrected chi connectivity index (χ0v) is 21.9. The maximum atomic E-state index is 13.5. The van der Waals surface area contributed by atoms with Crippen LogP contribution in [0.1, 0.15) is 37.3 Å². The highest BCUT2D eigenvalue weighted by Crippen LogP contribution is 2.28. The lowest BCUT2D eigenvalue weighted by Crippen LogP contribution is -2.75. The molecule has 2 heterocycles. The van der Waals surface area contributed by atoms with Gasteiger partial charge in [0, 0.05) is 20.1 Å². The lowest BCUT2D eigenvalue weighted by Gasteiger charge is -2.54. The number of nitrogens with one attached hydrogen (secondary N) is 1. The number of hydrogen-bond acceptors (Lipinski definition) is 5. The van der Waals surface area contributed by atoms with E-state index in [1.807, 2.05) is 54.3 Å². The molecule has 0 aromatic heterocycles. The number of carbonyl (C=O) groups excluding carboxylic acids is 3. The average molecular weight is 508 g/mol. The van der Waals surface area contributed by atoms with Crippen molar-refractivity contribution >= 4 is 17.8 Å². The Morgan fingerprint density at radius 2 is 1.78 bits per heavy atom. The molecule has 1 N–H and O–H groups in total. The number of hydrogen-bond donors (Lipinski definition) is 1. The molecule has 0 saturated carbocycles. The Kier molecular flexibility index (Phi) is 8.66. The molecule has 0 spiro atoms. The molecule has 0 bridgehead atoms. The summed E-state index contributed by atoms with van der Waals surface area (Å²) in [5.41, 5.74) is 2.16. The first-order chi connectivity index (χ1) is 17.9. The van der Waals surface area contributed by atoms with Crippen LogP contribution in [0.5, 0.6) is 5.75 Å². The maximum absolute atomic E-state index is 13.5. The highest BCUT2D eigenvalue weighted by Gasteiger charge is 2.50. The van der Waals surface area contributed by atoms with E-state index in [0.717, 1.165) is 30.6 Å². The van der Waals surface area contributed by atoms with Gasteiger partial charge in [-0.05, 0) is 42.5 Å². The fraction of sp³-hybridized carbons (Fsp3) is 0.464. The molecule has 37 heavy (non-hydrogen) atoms. The Bertz CT molecular complexity index is 1080. The molecule has 2 saturated heterocycles. The standard InChI is InChI=1S/C28H37N5O4/c1-4-9-24-27(35)31(17-8-12-21-10-6-5-7-11-21)19-25-32(24)26(34)20-30(2)33(25)28(36)29-18-22-13-15-23(37-3)16-14-22/h5-7,10-11,13-16,24-25H,4,8-9,12,17-20H2,1-3H3,(H,29,36)/t24?,25-/m0/s1. The number of amides is 4. The van der Waals surface area contributed by atoms with Crippen LogP contribution in [0.15, 0.2) is 54.6 Å². The molecule has 2 aliphatic rings. The summed E-state index contributed by atoms with van der Waals surface area (Å²) in [5.74, 6) is 0.603. The number of piperazine rings is 1. The zero-order valence-electron chi connectivity index (χ0n) is 21.9. The second-order valence-electron chi connectivity index (χ2n) is 9.63. The summed E-state index contributed by atoms with van der Waals surface area (Å²) >= 11 is 0. The number of methoxy groups -OCH3 is 1. The molecule has 0 aliphatic carbocycles. The summed E-state index contributed by atoms with van der Waals surface area (Å²) in [7, 11) is 3.36. The maximum Gasteiger partial charge on any atom is 0.334 e. The van der Waals surface area contributed by atoms with Gasteiger partial charge in [0.25, 0.3) is 0 Å². The zero-order chi connectivity index (χ0) is 26.4. The Hall–Kier alpha value is -3.59. The minimum atomic E-state index is -0.557. The number of aryl methyl sites for hydroxylation is 1. The van der Waals surface area contributed by atoms with Gasteiger partial charge in [0.1, 0.15) is 18.0 Å². The summed E-state index contributed by atoms with van der Waals surface area (Å²) in [6.07, 6.45) is 2.47. The quantitative estimate of drug-likeness (QED) is 0.564. The molecule has 2 aliphatic heterocycles. The van der Waals surface area contributed by atoms with E-state index >= 15 is 0 Å². The Morgan fingerprint density at radius 3 is 2.46 bits per heavy atom. The molecule has 9 heteroatoms. The van der Waals surface area contributed by atoms with E-state index < -0.39 is 12.2 Å². The van der Waals surface area contributed by atoms with Crippen LogP contribution in [0.25, 0.3) is 0 Å². The van der Waals surface area contributed by atoms with Crippen LogP contribution >= 0.6 is 0 Å². The monoisotopic (exact) mass is 507 g/mol. The van der Waals surface area contributed by atoms with Gasteiger partial charge in [-0.25, -0.2) is 14.8 Å². The van der Waals surface area contributed by atoms with E-state index in [9.17, 15) is 14.4 Å². The minimum absolute atomic E-state index is 0.0253. The van der Waals surface area contributed by atoms with Crippen LogP contribution in [0, 0.1) is 0 Å². The van der Waals surface area contributed by atoms with E-state index in [-0.39, 0.29) is 24.4 Å². The Balaban J connectivity index is 1.49. The lowest BCUT2D eigenvalue weighted by atomic mass is 10.0. The van der Waals surface area contributed by atoms with Crippen molar-refractivity contribution in [1.29, 1.82) is 0 Å². The molecule has 9 nitrogen and oxygen atoms in total. The van der Waals surface area contributed by atoms with Gasteiger partial charge in [-0.1, -0.05) is 55.8 Å². The fourth-order valence-electron chi connectivity index (χ4n) is 5.18. The third-order valence-electron chi connectivity index (χ3n) is 7.05. The number of fused-ring (bicyclic) bond motifs is 1. The van der Waals surface area contributed by atoms with Gasteiger partial charge < -0.3 is 19.9 Å². The third kappa shape index (κ3) is 6.05. The molecule has 2 aromatic carbocycles. The van der Waals surface area contributed by atoms with E-state index in [1.165, 1.54) is 5.56 Å². The van der Waals surface area contributed by atoms with Crippen LogP contribution < -0.4 is 10.1 Å². The van der Waals surface area contributed by atoms with Gasteiger partial charge in [0.2, 0.25) is 11.8 Å². The van der Waals surface area contributed by atoms with Crippen molar-refractivity contribution in [2.45, 2.75) is 51.4 Å². The van der Waals surface area contributed by atoms with Gasteiger partial charge in [0.05, 0.1) is 20.2 Å². The van der Waals surface area contributed by atoms with Crippen molar-refractivity contribution in [3.05, 3.63) is 65.7 Å². The third-order valence-corrected chi connectivity index (χ3v) is 7.05. The van der Waals surface area contributed by atoms with E-state index in [0.29, 0.717) is 26.1 Å². The normalized spacial score (nSPS) is 20.1. The van der Waals surface area contributed by atoms with Gasteiger partial charge >= 0.3 is 6.03 Å². The van der Waals surface area contributed by atoms with Gasteiger partial charge in [0.15, 0.2) is 0 Å². The molecule has 198 valence electrons. The number of nitrogens with zero attached hydrogens (tertiary/aromatic N) is 4. The molecule has 1 unspecified atom stereocenters. The molecule has 4 amide bonds. The van der Waals surface area contributed by atoms with Gasteiger partial charge in [-0.2, -0.15) is 0 Å². The van der Waals surface area contributed by atoms with E-state index in [1.54, 1.807) is 29.1 Å². The minimum Gasteiger partial charge on any atom is -0.497 e. The lowest BCUT2D eigenvalue weighted by molar-refractivity contribution is -0.187. The number of urea groups is 1. The van der Waals surface area contributed by atoms with E-state index in [2.05, 4.69) is 17.4 Å². The molecule has 2 aromatic rings. The molecule has 2 atom stereocenters. The molecule has 0 radical (unpaired) electrons. The number of ether oxygens (including phenoxy) is 1. The fourth-order valence-corrected chi connectivity index (χ4v) is 5.18. The van der Waals surface area contributed by atoms with Crippen molar-refractivity contribution in [3.8, 4) is 5.75 Å². The first-order valence-corrected chi connectivity index (χ1v) is 13.0. The summed E-state index contributed by atoms with van der Waals surface area (Å²) in [6, 6.07) is 16.9. The molecular formula is C28H37N5O4. The molecular weight excluding hydrogens is 470 g/mol. The van der Waals surface area contributed by atoms with E-state index in [4.69, 9.17) is 4.74 Å². The van der Waals surface area contributed by atoms with Crippen LogP contribution in [-0.4, -0.2) is 83.7 Å². The Morgan fingerprint density at radius 1 is 1.05 bits per heavy atom. The second-order valence-corrected chi connectivity index (χ2v) is 9.63. The summed E-state index contributed by atoms with van der Waals surface area (Å²) in [4.78, 5) is 43.5. The Labute approximate surface area is 218 Å². The number of benzene rings is 2. The van der Waals surface area contributed by atoms with Crippen LogP contribution in [0.4, 0.5) is 4.79 Å². The number of carbonyl (C=O) groups is 3. The van der Waals surface area contributed by atoms with Gasteiger partial charge in [-0.3, -0.25) is 9.59 Å². The predicted molar refractivity (Wildman–Crippen MR) is 140 cm³/mol. The summed E-state index contributed by atoms with van der Waals surface area (Å²) in [5, 5.41) is 6.25. The van der Waals surface area contributed by atoms with Crippen molar-refractivity contribution in [2.75, 3.05) is 33.8 Å². The SMILES string of the molecule is CCCC1C(=O)N(CCCc2ccccc2)C[C@H]2N1C(=O)CN(C)N2C(=O)NCc1ccc(OC)cc1. The first kappa shape index (κ1) is 26.5. The highest BCUT2D eigenvalue weighted by atomic mass is 16.5. The van der Waals surface area contributed by atoms with Crippen molar-refractivity contribution < 1.29 is 19.1 Å². The highest BCUT2D eigenvalue weighted by molar-refractivity contribution is 5.91. The van der Waals surface area contributed by atoms with Crippen molar-refractivity contribution in [2.24, 2.45) is 0 Å². The summed E-state index contributed by atoms with van der Waals surface area (Å²) < 4.78 is 5.20. The molecule has 4 rings (SSSR count). The van der Waals surface area contributed by atoms with Crippen molar-refractivity contribution in [1.82, 2.24) is 25.1 Å². The average Bonchev–Trinajstić information content (AvgIpc) is 2.90. The topological polar surface area (TPSA) is 85.4 Å². The van der Waals surface area contributed by atoms with Crippen LogP contribution in [-0.2, 0) is 22.6 Å². The molecule has 2 fully saturated rings. The largest absolute Gasteiger partial charge is 0.497 e. The smallest absolute Gasteiger partial charge is 0.334 e. The van der Waals surface area contributed by atoms with Gasteiger partial charge in [-0.15, -0.1) is 0 Å². The second kappa shape index (κ2) is 12.1. The number of hydrazine groups is 1.